The maximum absolute atomic E-state index is 10.3. The monoisotopic (exact) mass is 1380 g/mol. The molecule has 44 heteroatoms. The van der Waals surface area contributed by atoms with Crippen molar-refractivity contribution < 1.29 is 69.2 Å². The Labute approximate surface area is 506 Å². The summed E-state index contributed by atoms with van der Waals surface area (Å²) in [7, 11) is 0. The smallest absolute Gasteiger partial charge is 0.191 e. The summed E-state index contributed by atoms with van der Waals surface area (Å²) in [4.78, 5) is 51.2. The van der Waals surface area contributed by atoms with Gasteiger partial charge in [-0.25, -0.2) is 0 Å². The van der Waals surface area contributed by atoms with Gasteiger partial charge in [-0.15, -0.1) is 64.3 Å². The van der Waals surface area contributed by atoms with Crippen LogP contribution in [0.25, 0.3) is 0 Å². The van der Waals surface area contributed by atoms with Crippen molar-refractivity contribution in [3.63, 3.8) is 0 Å². The fourth-order valence-corrected chi connectivity index (χ4v) is 12.4. The number of ether oxygens (including phenoxy) is 2. The number of aliphatic hydroxyl groups is 2. The van der Waals surface area contributed by atoms with Gasteiger partial charge in [0.25, 0.3) is 0 Å². The maximum Gasteiger partial charge on any atom is 0.191 e. The van der Waals surface area contributed by atoms with Gasteiger partial charge in [-0.1, -0.05) is 20.9 Å². The molecule has 9 aliphatic heterocycles. The molecule has 4 aromatic rings. The second kappa shape index (κ2) is 39.1. The van der Waals surface area contributed by atoms with E-state index in [2.05, 4.69) is 159 Å². The molecular formula is C40H70N25O14S3Se2. The zero-order valence-electron chi connectivity index (χ0n) is 44.7. The van der Waals surface area contributed by atoms with Crippen molar-refractivity contribution >= 4 is 97.0 Å². The molecule has 13 heterocycles. The van der Waals surface area contributed by atoms with Gasteiger partial charge in [-0.2, -0.15) is 33.5 Å². The number of thioether (sulfide) groups is 2. The molecule has 20 N–H and O–H groups in total. The van der Waals surface area contributed by atoms with E-state index >= 15 is 0 Å². The molecule has 9 fully saturated rings. The molecule has 1 radical (unpaired) electrons. The van der Waals surface area contributed by atoms with Crippen LogP contribution in [0.15, 0.2) is 0 Å². The molecule has 469 valence electrons. The molecule has 4 unspecified atom stereocenters. The Balaban J connectivity index is 0.000000173. The summed E-state index contributed by atoms with van der Waals surface area (Å²) in [5, 5.41) is 142. The molecule has 9 aliphatic rings. The summed E-state index contributed by atoms with van der Waals surface area (Å²) in [6.45, 7) is 4.56. The molecular weight excluding hydrogens is 1310 g/mol. The fraction of sp³-hybridized carbons (Fsp3) is 0.775. The summed E-state index contributed by atoms with van der Waals surface area (Å²) in [5.41, 5.74) is 0.921. The van der Waals surface area contributed by atoms with Gasteiger partial charge in [0, 0.05) is 54.6 Å². The second-order valence-electron chi connectivity index (χ2n) is 18.5. The number of carboxylic acids is 5. The van der Waals surface area contributed by atoms with Crippen LogP contribution in [0, 0.1) is 0 Å². The first-order valence-corrected chi connectivity index (χ1v) is 32.0. The van der Waals surface area contributed by atoms with Gasteiger partial charge in [0.1, 0.15) is 18.1 Å². The van der Waals surface area contributed by atoms with Gasteiger partial charge in [-0.05, 0) is 12.8 Å². The van der Waals surface area contributed by atoms with Gasteiger partial charge in [0.05, 0.1) is 63.1 Å². The van der Waals surface area contributed by atoms with Crippen LogP contribution in [0.1, 0.15) is 73.1 Å². The Morgan fingerprint density at radius 1 is 0.488 bits per heavy atom. The van der Waals surface area contributed by atoms with Crippen molar-refractivity contribution in [2.45, 2.75) is 108 Å². The van der Waals surface area contributed by atoms with Crippen molar-refractivity contribution in [2.75, 3.05) is 81.6 Å². The number of hydrogen-bond acceptors (Lipinski definition) is 33. The molecule has 9 saturated heterocycles. The van der Waals surface area contributed by atoms with Crippen molar-refractivity contribution in [1.82, 2.24) is 130 Å². The third-order valence-corrected chi connectivity index (χ3v) is 17.2. The number of rotatable bonds is 9. The van der Waals surface area contributed by atoms with Crippen molar-refractivity contribution in [3.05, 3.63) is 23.3 Å². The summed E-state index contributed by atoms with van der Waals surface area (Å²) < 4.78 is 9.77. The van der Waals surface area contributed by atoms with E-state index in [1.54, 1.807) is 11.8 Å². The quantitative estimate of drug-likeness (QED) is 0.0547. The van der Waals surface area contributed by atoms with Crippen LogP contribution in [0.4, 0.5) is 0 Å². The van der Waals surface area contributed by atoms with Gasteiger partial charge in [0.15, 0.2) is 23.3 Å². The minimum atomic E-state index is -0.883. The zero-order valence-corrected chi connectivity index (χ0v) is 50.6. The van der Waals surface area contributed by atoms with E-state index in [0.717, 1.165) is 65.8 Å². The van der Waals surface area contributed by atoms with E-state index in [0.29, 0.717) is 94.5 Å². The molecule has 4 aromatic heterocycles. The van der Waals surface area contributed by atoms with E-state index in [4.69, 9.17) is 45.2 Å². The minimum absolute atomic E-state index is 0.0590. The molecule has 39 nitrogen and oxygen atoms in total. The standard InChI is InChI=1S/C5H9N5O.C5H9N5S.C5H9NO3.C5H8NO2Se.C4H7N5O.C4H7N5S.C4H7NO3.C4H7NO2S.C4H7NO2Se/c2*11-3-1-4(6-2-3)5-7-9-10-8-5;7-3-1-4(5(8)9)6-2-3;7-5(8)4-1-3(9)2-6-4;2*1-3(5-2-10-1)4-6-8-9-7-4;3*6-4(7)3-1-8-2-5-3/h2*3-4,6,11H,1-2H2,(H,7,8,9,10);3-4,6-7H,1-2H2,(H,8,9);3-4,6H,1-2H2,(H,7,8);2*3,5H,1-2H2,(H,6,7,8,9);3*3,5H,1-2H2,(H,6,7)/t4*3?,4-;5*3-/m000000000/s1. The van der Waals surface area contributed by atoms with Crippen LogP contribution >= 0.6 is 36.2 Å². The van der Waals surface area contributed by atoms with Gasteiger partial charge < -0.3 is 51.0 Å². The van der Waals surface area contributed by atoms with Gasteiger partial charge in [-0.3, -0.25) is 35.7 Å². The average molecular weight is 1380 g/mol. The van der Waals surface area contributed by atoms with Crippen molar-refractivity contribution in [3.8, 4) is 0 Å². The van der Waals surface area contributed by atoms with E-state index in [1.165, 1.54) is 0 Å². The summed E-state index contributed by atoms with van der Waals surface area (Å²) >= 11 is 11.2. The topological polar surface area (TPSA) is 572 Å². The number of aliphatic hydroxyl groups excluding tert-OH is 2. The summed E-state index contributed by atoms with van der Waals surface area (Å²) in [5.74, 6) is 2.39. The third-order valence-electron chi connectivity index (χ3n) is 12.2. The van der Waals surface area contributed by atoms with Crippen LogP contribution in [0.3, 0.4) is 0 Å². The molecule has 0 aliphatic carbocycles. The number of nitrogens with one attached hydrogen (secondary N) is 13. The Morgan fingerprint density at radius 2 is 0.976 bits per heavy atom. The number of carbonyl (C=O) groups is 5. The summed E-state index contributed by atoms with van der Waals surface area (Å²) in [6.07, 6.45) is 1.93. The predicted octanol–water partition coefficient (Wildman–Crippen LogP) is -7.46. The molecule has 0 spiro atoms. The number of carboxylic acid groups (broad SMARTS) is 5. The van der Waals surface area contributed by atoms with E-state index in [1.807, 2.05) is 11.8 Å². The Kier molecular flexibility index (Phi) is 32.6. The molecule has 13 rings (SSSR count). The number of nitrogens with zero attached hydrogens (tertiary/aromatic N) is 12. The largest absolute Gasteiger partial charge is 0.392 e. The van der Waals surface area contributed by atoms with Crippen LogP contribution in [-0.4, -0.2) is 308 Å². The zero-order chi connectivity index (χ0) is 60.6. The number of aliphatic carboxylic acids is 5. The van der Waals surface area contributed by atoms with Gasteiger partial charge in [0.2, 0.25) is 0 Å². The minimum Gasteiger partial charge on any atom is -0.392 e. The number of β-amino-alcohol motifs (C(OH)–C–C–N with tert-alkyl or cyclic N) is 2. The first-order valence-electron chi connectivity index (χ1n) is 25.7. The van der Waals surface area contributed by atoms with Gasteiger partial charge >= 0.3 is 132 Å². The van der Waals surface area contributed by atoms with Crippen molar-refractivity contribution in [1.29, 1.82) is 0 Å². The average Bonchev–Trinajstić information content (AvgIpc) is 4.40. The van der Waals surface area contributed by atoms with Crippen LogP contribution < -0.4 is 47.9 Å². The van der Waals surface area contributed by atoms with E-state index < -0.39 is 48.0 Å². The number of H-pyrrole nitrogens is 4. The predicted molar refractivity (Wildman–Crippen MR) is 297 cm³/mol. The van der Waals surface area contributed by atoms with E-state index in [9.17, 15) is 24.0 Å². The summed E-state index contributed by atoms with van der Waals surface area (Å²) in [6, 6.07) is -1.20. The number of aromatic amines is 4. The second-order valence-corrected chi connectivity index (χ2v) is 24.9. The molecule has 84 heavy (non-hydrogen) atoms. The first-order chi connectivity index (χ1) is 40.5. The fourth-order valence-electron chi connectivity index (χ4n) is 7.68. The molecule has 0 saturated carbocycles. The number of aromatic nitrogens is 16. The maximum atomic E-state index is 10.3. The molecule has 0 aromatic carbocycles. The number of hydrogen-bond donors (Lipinski definition) is 21. The van der Waals surface area contributed by atoms with Crippen LogP contribution in [0.5, 0.6) is 0 Å². The molecule has 0 amide bonds. The van der Waals surface area contributed by atoms with Crippen LogP contribution in [-0.2, 0) is 33.4 Å². The Hall–Kier alpha value is -4.80. The number of tetrazole rings is 4. The van der Waals surface area contributed by atoms with Crippen molar-refractivity contribution in [2.24, 2.45) is 0 Å². The Bertz CT molecular complexity index is 2250. The Morgan fingerprint density at radius 3 is 1.30 bits per heavy atom. The first kappa shape index (κ1) is 70.0. The van der Waals surface area contributed by atoms with E-state index in [-0.39, 0.29) is 49.0 Å². The number of thiol groups is 1. The normalized spacial score (nSPS) is 29.7. The van der Waals surface area contributed by atoms with Crippen LogP contribution in [0.2, 0.25) is 10.1 Å². The SMILES string of the molecule is C1N[C@H](c2nn[nH]n2)CO1.C1N[C@H](c2nn[nH]n2)CS1.O=C(O)[C@@H]1CC(O)CN1.O=C(O)[C@@H]1CC([Se])CN1.O=C(O)[C@@H]1COCN1.O=C(O)[C@@H]1CSCN1.O=C(O)[C@@H]1C[Se]CN1.OC1CN[C@H](c2nn[nH]n2)C1.SC1CN[C@H](c2nn[nH]n2)C1. The third kappa shape index (κ3) is 26.4. The molecule has 0 bridgehead atoms. The molecule has 13 atom stereocenters.